The fourth-order valence-corrected chi connectivity index (χ4v) is 5.10. The smallest absolute Gasteiger partial charge is 0.258 e. The van der Waals surface area contributed by atoms with E-state index in [9.17, 15) is 18.7 Å². The Morgan fingerprint density at radius 2 is 2.08 bits per heavy atom. The van der Waals surface area contributed by atoms with E-state index in [0.29, 0.717) is 47.2 Å². The van der Waals surface area contributed by atoms with Gasteiger partial charge in [-0.05, 0) is 17.7 Å². The minimum absolute atomic E-state index is 0.121. The highest BCUT2D eigenvalue weighted by Crippen LogP contribution is 2.36. The number of ether oxygens (including phenoxy) is 2. The van der Waals surface area contributed by atoms with E-state index < -0.39 is 18.6 Å². The number of aliphatic hydroxyl groups is 1. The highest BCUT2D eigenvalue weighted by molar-refractivity contribution is 7.13. The van der Waals surface area contributed by atoms with Gasteiger partial charge >= 0.3 is 0 Å². The van der Waals surface area contributed by atoms with Gasteiger partial charge in [-0.15, -0.1) is 16.4 Å². The molecule has 1 amide bonds. The first-order valence-corrected chi connectivity index (χ1v) is 13.3. The van der Waals surface area contributed by atoms with Gasteiger partial charge in [0.15, 0.2) is 5.60 Å². The van der Waals surface area contributed by atoms with Crippen LogP contribution >= 0.6 is 11.3 Å². The minimum Gasteiger partial charge on any atom is -0.473 e. The van der Waals surface area contributed by atoms with Crippen molar-refractivity contribution in [1.82, 2.24) is 29.6 Å². The molecule has 1 aliphatic rings. The summed E-state index contributed by atoms with van der Waals surface area (Å²) in [4.78, 5) is 27.6. The maximum absolute atomic E-state index is 12.9. The molecule has 1 fully saturated rings. The highest BCUT2D eigenvalue weighted by atomic mass is 32.1. The Bertz CT molecular complexity index is 1500. The lowest BCUT2D eigenvalue weighted by Crippen LogP contribution is -2.36. The van der Waals surface area contributed by atoms with Gasteiger partial charge in [0.05, 0.1) is 18.5 Å². The standard InChI is InChI=1S/C26H27F2N7O4S/c1-34-9-7-26(37,24(34)36)17-5-3-4-16(12-17)23-30-20(15-40-23)18-6-8-29-25(31-18)32-19-13-35(14-21(27)28)33-22(19)39-11-10-38-2/h3-6,8,12-13,15,21,37H,7,9-11,14H2,1-2H3,(H,29,31,32). The summed E-state index contributed by atoms with van der Waals surface area (Å²) in [6, 6.07) is 8.89. The van der Waals surface area contributed by atoms with Gasteiger partial charge in [0, 0.05) is 44.3 Å². The van der Waals surface area contributed by atoms with Crippen molar-refractivity contribution in [2.24, 2.45) is 0 Å². The third-order valence-electron chi connectivity index (χ3n) is 6.34. The molecule has 1 aliphatic heterocycles. The van der Waals surface area contributed by atoms with Crippen LogP contribution in [0, 0.1) is 0 Å². The summed E-state index contributed by atoms with van der Waals surface area (Å²) in [5.41, 5.74) is 1.20. The fourth-order valence-electron chi connectivity index (χ4n) is 4.29. The number of alkyl halides is 2. The molecule has 11 nitrogen and oxygen atoms in total. The van der Waals surface area contributed by atoms with Crippen LogP contribution in [0.2, 0.25) is 0 Å². The summed E-state index contributed by atoms with van der Waals surface area (Å²) in [7, 11) is 3.20. The van der Waals surface area contributed by atoms with Gasteiger partial charge < -0.3 is 24.8 Å². The number of carbonyl (C=O) groups is 1. The zero-order chi connectivity index (χ0) is 28.3. The third kappa shape index (κ3) is 5.78. The molecule has 0 spiro atoms. The normalized spacial score (nSPS) is 17.1. The molecule has 2 N–H and O–H groups in total. The van der Waals surface area contributed by atoms with Crippen LogP contribution in [0.25, 0.3) is 22.0 Å². The number of thiazole rings is 1. The Kier molecular flexibility index (Phi) is 8.00. The average Bonchev–Trinajstić information content (AvgIpc) is 3.65. The van der Waals surface area contributed by atoms with Crippen molar-refractivity contribution < 1.29 is 28.2 Å². The van der Waals surface area contributed by atoms with Crippen molar-refractivity contribution >= 4 is 28.9 Å². The van der Waals surface area contributed by atoms with Crippen molar-refractivity contribution in [2.75, 3.05) is 39.2 Å². The average molecular weight is 572 g/mol. The monoisotopic (exact) mass is 571 g/mol. The minimum atomic E-state index is -2.58. The van der Waals surface area contributed by atoms with E-state index in [-0.39, 0.29) is 24.3 Å². The number of amides is 1. The topological polar surface area (TPSA) is 128 Å². The molecule has 1 saturated heterocycles. The van der Waals surface area contributed by atoms with Crippen LogP contribution in [0.5, 0.6) is 5.88 Å². The van der Waals surface area contributed by atoms with Crippen LogP contribution in [0.1, 0.15) is 12.0 Å². The number of nitrogens with one attached hydrogen (secondary N) is 1. The van der Waals surface area contributed by atoms with Crippen LogP contribution < -0.4 is 10.1 Å². The van der Waals surface area contributed by atoms with E-state index in [1.54, 1.807) is 37.5 Å². The number of benzene rings is 1. The van der Waals surface area contributed by atoms with Gasteiger partial charge in [-0.2, -0.15) is 0 Å². The van der Waals surface area contributed by atoms with Crippen LogP contribution in [0.15, 0.2) is 48.1 Å². The van der Waals surface area contributed by atoms with E-state index >= 15 is 0 Å². The second kappa shape index (κ2) is 11.6. The molecule has 5 rings (SSSR count). The first-order valence-electron chi connectivity index (χ1n) is 12.4. The number of likely N-dealkylation sites (tertiary alicyclic amines) is 1. The van der Waals surface area contributed by atoms with E-state index in [0.717, 1.165) is 10.2 Å². The lowest BCUT2D eigenvalue weighted by molar-refractivity contribution is -0.143. The SMILES string of the molecule is COCCOc1nn(CC(F)F)cc1Nc1nccc(-c2csc(-c3cccc(C4(O)CCN(C)C4=O)c3)n2)n1. The zero-order valence-electron chi connectivity index (χ0n) is 21.8. The predicted octanol–water partition coefficient (Wildman–Crippen LogP) is 3.55. The number of halogens is 2. The molecule has 14 heteroatoms. The summed E-state index contributed by atoms with van der Waals surface area (Å²) < 4.78 is 37.5. The largest absolute Gasteiger partial charge is 0.473 e. The number of methoxy groups -OCH3 is 1. The van der Waals surface area contributed by atoms with Gasteiger partial charge in [-0.3, -0.25) is 9.48 Å². The van der Waals surface area contributed by atoms with Crippen molar-refractivity contribution in [1.29, 1.82) is 0 Å². The molecule has 3 aromatic heterocycles. The first-order chi connectivity index (χ1) is 19.3. The molecular weight excluding hydrogens is 544 g/mol. The van der Waals surface area contributed by atoms with Crippen molar-refractivity contribution in [3.63, 3.8) is 0 Å². The van der Waals surface area contributed by atoms with Gasteiger partial charge in [0.25, 0.3) is 18.2 Å². The summed E-state index contributed by atoms with van der Waals surface area (Å²) in [5, 5.41) is 20.6. The van der Waals surface area contributed by atoms with Gasteiger partial charge in [0.2, 0.25) is 5.95 Å². The molecule has 0 saturated carbocycles. The Morgan fingerprint density at radius 1 is 1.23 bits per heavy atom. The number of hydrogen-bond acceptors (Lipinski definition) is 10. The molecule has 0 radical (unpaired) electrons. The molecule has 0 aliphatic carbocycles. The number of anilines is 2. The molecule has 1 atom stereocenters. The van der Waals surface area contributed by atoms with Gasteiger partial charge in [-0.25, -0.2) is 23.7 Å². The van der Waals surface area contributed by atoms with Crippen LogP contribution in [0.4, 0.5) is 20.4 Å². The van der Waals surface area contributed by atoms with Crippen LogP contribution in [-0.2, 0) is 21.7 Å². The van der Waals surface area contributed by atoms with Gasteiger partial charge in [0.1, 0.15) is 29.5 Å². The molecule has 0 bridgehead atoms. The summed E-state index contributed by atoms with van der Waals surface area (Å²) >= 11 is 1.40. The van der Waals surface area contributed by atoms with Crippen molar-refractivity contribution in [3.05, 3.63) is 53.7 Å². The molecule has 4 heterocycles. The molecule has 1 aromatic carbocycles. The van der Waals surface area contributed by atoms with Crippen LogP contribution in [0.3, 0.4) is 0 Å². The highest BCUT2D eigenvalue weighted by Gasteiger charge is 2.45. The van der Waals surface area contributed by atoms with E-state index in [1.165, 1.54) is 29.5 Å². The summed E-state index contributed by atoms with van der Waals surface area (Å²) in [5.74, 6) is 0.00180. The Morgan fingerprint density at radius 3 is 2.83 bits per heavy atom. The van der Waals surface area contributed by atoms with Crippen molar-refractivity contribution in [3.8, 4) is 27.8 Å². The molecule has 40 heavy (non-hydrogen) atoms. The Labute approximate surface area is 232 Å². The second-order valence-corrected chi connectivity index (χ2v) is 10.0. The lowest BCUT2D eigenvalue weighted by atomic mass is 9.91. The molecule has 1 unspecified atom stereocenters. The molecular formula is C26H27F2N7O4S. The van der Waals surface area contributed by atoms with E-state index in [1.807, 2.05) is 11.4 Å². The number of aromatic nitrogens is 5. The quantitative estimate of drug-likeness (QED) is 0.260. The Balaban J connectivity index is 1.36. The molecule has 4 aromatic rings. The maximum Gasteiger partial charge on any atom is 0.258 e. The van der Waals surface area contributed by atoms with Crippen LogP contribution in [-0.4, -0.2) is 81.0 Å². The van der Waals surface area contributed by atoms with E-state index in [2.05, 4.69) is 20.4 Å². The van der Waals surface area contributed by atoms with Crippen molar-refractivity contribution in [2.45, 2.75) is 25.0 Å². The fraction of sp³-hybridized carbons (Fsp3) is 0.346. The first kappa shape index (κ1) is 27.6. The maximum atomic E-state index is 12.9. The zero-order valence-corrected chi connectivity index (χ0v) is 22.6. The summed E-state index contributed by atoms with van der Waals surface area (Å²) in [6.45, 7) is 0.380. The number of likely N-dealkylation sites (N-methyl/N-ethyl adjacent to an activating group) is 1. The number of hydrogen-bond donors (Lipinski definition) is 2. The number of nitrogens with zero attached hydrogens (tertiary/aromatic N) is 6. The number of carbonyl (C=O) groups excluding carboxylic acids is 1. The Hall–Kier alpha value is -4.01. The lowest BCUT2D eigenvalue weighted by Gasteiger charge is -2.21. The third-order valence-corrected chi connectivity index (χ3v) is 7.24. The molecule has 210 valence electrons. The van der Waals surface area contributed by atoms with Gasteiger partial charge in [-0.1, -0.05) is 18.2 Å². The number of rotatable bonds is 11. The van der Waals surface area contributed by atoms with E-state index in [4.69, 9.17) is 14.5 Å². The predicted molar refractivity (Wildman–Crippen MR) is 144 cm³/mol. The summed E-state index contributed by atoms with van der Waals surface area (Å²) in [6.07, 6.45) is 0.698. The second-order valence-electron chi connectivity index (χ2n) is 9.15.